The number of phenols is 1. The van der Waals surface area contributed by atoms with Crippen LogP contribution in [-0.2, 0) is 6.54 Å². The summed E-state index contributed by atoms with van der Waals surface area (Å²) in [6.07, 6.45) is 0.478. The highest BCUT2D eigenvalue weighted by molar-refractivity contribution is 5.84. The lowest BCUT2D eigenvalue weighted by Crippen LogP contribution is -2.22. The van der Waals surface area contributed by atoms with Crippen LogP contribution in [0.4, 0.5) is 0 Å². The zero-order valence-electron chi connectivity index (χ0n) is 11.3. The third-order valence-corrected chi connectivity index (χ3v) is 3.86. The Morgan fingerprint density at radius 1 is 1.45 bits per heavy atom. The predicted molar refractivity (Wildman–Crippen MR) is 74.8 cm³/mol. The van der Waals surface area contributed by atoms with E-state index in [1.54, 1.807) is 19.1 Å². The minimum atomic E-state index is -0.416. The van der Waals surface area contributed by atoms with Crippen LogP contribution in [0.2, 0.25) is 0 Å². The van der Waals surface area contributed by atoms with Crippen molar-refractivity contribution in [3.05, 3.63) is 39.7 Å². The number of hydrogen-bond acceptors (Lipinski definition) is 5. The van der Waals surface area contributed by atoms with Crippen LogP contribution in [0.3, 0.4) is 0 Å². The molecule has 106 valence electrons. The molecule has 1 aliphatic rings. The molecule has 2 N–H and O–H groups in total. The molecule has 0 bridgehead atoms. The first kappa shape index (κ1) is 13.1. The number of aliphatic hydroxyl groups is 1. The number of hydrogen-bond donors (Lipinski definition) is 2. The smallest absolute Gasteiger partial charge is 0.336 e. The molecular formula is C15H17NO4. The van der Waals surface area contributed by atoms with Gasteiger partial charge in [-0.1, -0.05) is 0 Å². The van der Waals surface area contributed by atoms with Gasteiger partial charge in [0.15, 0.2) is 0 Å². The molecule has 1 aromatic heterocycles. The molecule has 1 atom stereocenters. The number of benzene rings is 1. The summed E-state index contributed by atoms with van der Waals surface area (Å²) in [6, 6.07) is 4.87. The average Bonchev–Trinajstić information content (AvgIpc) is 2.80. The molecule has 5 nitrogen and oxygen atoms in total. The van der Waals surface area contributed by atoms with Crippen LogP contribution >= 0.6 is 0 Å². The van der Waals surface area contributed by atoms with Gasteiger partial charge in [-0.15, -0.1) is 0 Å². The van der Waals surface area contributed by atoms with Crippen molar-refractivity contribution in [3.63, 3.8) is 0 Å². The molecule has 0 spiro atoms. The SMILES string of the molecule is Cc1c(O)ccc2c(CN3CC[C@H](O)C3)cc(=O)oc12. The maximum atomic E-state index is 11.7. The molecule has 0 amide bonds. The second kappa shape index (κ2) is 4.92. The molecule has 3 rings (SSSR count). The van der Waals surface area contributed by atoms with Gasteiger partial charge >= 0.3 is 5.63 Å². The van der Waals surface area contributed by atoms with Crippen LogP contribution in [0.1, 0.15) is 17.5 Å². The molecule has 2 aromatic rings. The summed E-state index contributed by atoms with van der Waals surface area (Å²) >= 11 is 0. The van der Waals surface area contributed by atoms with Gasteiger partial charge in [-0.3, -0.25) is 4.90 Å². The van der Waals surface area contributed by atoms with Crippen molar-refractivity contribution >= 4 is 11.0 Å². The number of aliphatic hydroxyl groups excluding tert-OH is 1. The average molecular weight is 275 g/mol. The fourth-order valence-corrected chi connectivity index (χ4v) is 2.74. The third kappa shape index (κ3) is 2.30. The summed E-state index contributed by atoms with van der Waals surface area (Å²) < 4.78 is 5.22. The molecule has 0 aliphatic carbocycles. The Bertz CT molecular complexity index is 707. The highest BCUT2D eigenvalue weighted by Gasteiger charge is 2.21. The van der Waals surface area contributed by atoms with Gasteiger partial charge in [-0.25, -0.2) is 4.79 Å². The highest BCUT2D eigenvalue weighted by Crippen LogP contribution is 2.28. The van der Waals surface area contributed by atoms with Crippen LogP contribution in [0.25, 0.3) is 11.0 Å². The molecular weight excluding hydrogens is 258 g/mol. The second-order valence-electron chi connectivity index (χ2n) is 5.35. The number of β-amino-alcohol motifs (C(OH)–C–C–N with tert-alkyl or cyclic N) is 1. The first-order chi connectivity index (χ1) is 9.54. The summed E-state index contributed by atoms with van der Waals surface area (Å²) in [4.78, 5) is 13.8. The molecule has 1 aliphatic heterocycles. The predicted octanol–water partition coefficient (Wildman–Crippen LogP) is 1.37. The number of fused-ring (bicyclic) bond motifs is 1. The Hall–Kier alpha value is -1.85. The topological polar surface area (TPSA) is 73.9 Å². The van der Waals surface area contributed by atoms with Gasteiger partial charge in [0.2, 0.25) is 0 Å². The minimum absolute atomic E-state index is 0.120. The number of aromatic hydroxyl groups is 1. The number of aryl methyl sites for hydroxylation is 1. The van der Waals surface area contributed by atoms with Crippen molar-refractivity contribution in [1.29, 1.82) is 0 Å². The van der Waals surface area contributed by atoms with Crippen molar-refractivity contribution in [3.8, 4) is 5.75 Å². The van der Waals surface area contributed by atoms with Crippen molar-refractivity contribution < 1.29 is 14.6 Å². The third-order valence-electron chi connectivity index (χ3n) is 3.86. The van der Waals surface area contributed by atoms with Crippen molar-refractivity contribution in [1.82, 2.24) is 4.90 Å². The Morgan fingerprint density at radius 2 is 2.25 bits per heavy atom. The monoisotopic (exact) mass is 275 g/mol. The van der Waals surface area contributed by atoms with Crippen molar-refractivity contribution in [2.45, 2.75) is 26.0 Å². The summed E-state index contributed by atoms with van der Waals surface area (Å²) in [5.41, 5.74) is 1.46. The largest absolute Gasteiger partial charge is 0.508 e. The zero-order chi connectivity index (χ0) is 14.3. The fraction of sp³-hybridized carbons (Fsp3) is 0.400. The Labute approximate surface area is 116 Å². The first-order valence-electron chi connectivity index (χ1n) is 6.70. The molecule has 2 heterocycles. The lowest BCUT2D eigenvalue weighted by Gasteiger charge is -2.16. The van der Waals surface area contributed by atoms with Crippen molar-refractivity contribution in [2.75, 3.05) is 13.1 Å². The van der Waals surface area contributed by atoms with Crippen LogP contribution in [0, 0.1) is 6.92 Å². The van der Waals surface area contributed by atoms with E-state index in [4.69, 9.17) is 4.42 Å². The quantitative estimate of drug-likeness (QED) is 0.810. The standard InChI is InChI=1S/C15H17NO4/c1-9-13(18)3-2-12-10(6-14(19)20-15(9)12)7-16-5-4-11(17)8-16/h2-3,6,11,17-18H,4-5,7-8H2,1H3/t11-/m0/s1. The maximum absolute atomic E-state index is 11.7. The van der Waals surface area contributed by atoms with E-state index >= 15 is 0 Å². The van der Waals surface area contributed by atoms with E-state index in [9.17, 15) is 15.0 Å². The van der Waals surface area contributed by atoms with Gasteiger partial charge in [0, 0.05) is 36.7 Å². The van der Waals surface area contributed by atoms with E-state index < -0.39 is 5.63 Å². The summed E-state index contributed by atoms with van der Waals surface area (Å²) in [5, 5.41) is 20.1. The number of rotatable bonds is 2. The Kier molecular flexibility index (Phi) is 3.23. The second-order valence-corrected chi connectivity index (χ2v) is 5.35. The number of likely N-dealkylation sites (tertiary alicyclic amines) is 1. The van der Waals surface area contributed by atoms with E-state index in [1.165, 1.54) is 6.07 Å². The van der Waals surface area contributed by atoms with Crippen molar-refractivity contribution in [2.24, 2.45) is 0 Å². The van der Waals surface area contributed by atoms with Crippen LogP contribution in [0.15, 0.2) is 27.4 Å². The Balaban J connectivity index is 2.06. The van der Waals surface area contributed by atoms with Crippen LogP contribution in [-0.4, -0.2) is 34.3 Å². The summed E-state index contributed by atoms with van der Waals surface area (Å²) in [6.45, 7) is 3.77. The fourth-order valence-electron chi connectivity index (χ4n) is 2.74. The zero-order valence-corrected chi connectivity index (χ0v) is 11.3. The molecule has 5 heteroatoms. The van der Waals surface area contributed by atoms with E-state index in [0.717, 1.165) is 23.9 Å². The molecule has 0 saturated carbocycles. The van der Waals surface area contributed by atoms with E-state index in [0.29, 0.717) is 24.2 Å². The molecule has 0 radical (unpaired) electrons. The van der Waals surface area contributed by atoms with Gasteiger partial charge in [-0.2, -0.15) is 0 Å². The first-order valence-corrected chi connectivity index (χ1v) is 6.70. The lowest BCUT2D eigenvalue weighted by atomic mass is 10.1. The lowest BCUT2D eigenvalue weighted by molar-refractivity contribution is 0.175. The van der Waals surface area contributed by atoms with E-state index in [2.05, 4.69) is 4.90 Å². The number of phenolic OH excluding ortho intramolecular Hbond substituents is 1. The van der Waals surface area contributed by atoms with Gasteiger partial charge in [0.05, 0.1) is 6.10 Å². The van der Waals surface area contributed by atoms with Gasteiger partial charge in [0.1, 0.15) is 11.3 Å². The van der Waals surface area contributed by atoms with E-state index in [-0.39, 0.29) is 11.9 Å². The van der Waals surface area contributed by atoms with Crippen LogP contribution in [0.5, 0.6) is 5.75 Å². The number of nitrogens with zero attached hydrogens (tertiary/aromatic N) is 1. The highest BCUT2D eigenvalue weighted by atomic mass is 16.4. The maximum Gasteiger partial charge on any atom is 0.336 e. The van der Waals surface area contributed by atoms with E-state index in [1.807, 2.05) is 0 Å². The molecule has 1 aromatic carbocycles. The normalized spacial score (nSPS) is 19.8. The molecule has 0 unspecified atom stereocenters. The summed E-state index contributed by atoms with van der Waals surface area (Å²) in [7, 11) is 0. The minimum Gasteiger partial charge on any atom is -0.508 e. The summed E-state index contributed by atoms with van der Waals surface area (Å²) in [5.74, 6) is 0.120. The molecule has 1 saturated heterocycles. The van der Waals surface area contributed by atoms with Crippen LogP contribution < -0.4 is 5.63 Å². The van der Waals surface area contributed by atoms with Gasteiger partial charge in [-0.05, 0) is 31.0 Å². The molecule has 20 heavy (non-hydrogen) atoms. The Morgan fingerprint density at radius 3 is 2.95 bits per heavy atom. The van der Waals surface area contributed by atoms with Gasteiger partial charge in [0.25, 0.3) is 0 Å². The molecule has 1 fully saturated rings. The van der Waals surface area contributed by atoms with Gasteiger partial charge < -0.3 is 14.6 Å².